The summed E-state index contributed by atoms with van der Waals surface area (Å²) in [5.41, 5.74) is 3.69. The predicted octanol–water partition coefficient (Wildman–Crippen LogP) is 1.97. The van der Waals surface area contributed by atoms with E-state index >= 15 is 0 Å². The minimum atomic E-state index is -0.223. The summed E-state index contributed by atoms with van der Waals surface area (Å²) < 4.78 is 17.4. The number of benzene rings is 1. The van der Waals surface area contributed by atoms with E-state index in [0.29, 0.717) is 13.2 Å². The van der Waals surface area contributed by atoms with Crippen molar-refractivity contribution in [3.63, 3.8) is 0 Å². The van der Waals surface area contributed by atoms with Crippen molar-refractivity contribution in [3.8, 4) is 5.75 Å². The molecule has 0 spiro atoms. The van der Waals surface area contributed by atoms with E-state index in [0.717, 1.165) is 24.1 Å². The summed E-state index contributed by atoms with van der Waals surface area (Å²) in [6.45, 7) is 5.51. The second kappa shape index (κ2) is 4.35. The monoisotopic (exact) mass is 232 g/mol. The van der Waals surface area contributed by atoms with Crippen LogP contribution >= 0.6 is 0 Å². The molecule has 0 saturated heterocycles. The molecule has 0 bridgehead atoms. The van der Waals surface area contributed by atoms with Gasteiger partial charge in [-0.3, -0.25) is 0 Å². The van der Waals surface area contributed by atoms with Crippen LogP contribution in [-0.4, -0.2) is 20.3 Å². The third-order valence-corrected chi connectivity index (χ3v) is 3.47. The number of ether oxygens (including phenoxy) is 1. The van der Waals surface area contributed by atoms with Gasteiger partial charge >= 0.3 is 7.12 Å². The zero-order chi connectivity index (χ0) is 11.8. The normalized spacial score (nSPS) is 22.0. The molecule has 3 rings (SSSR count). The van der Waals surface area contributed by atoms with E-state index < -0.39 is 0 Å². The summed E-state index contributed by atoms with van der Waals surface area (Å²) in [6, 6.07) is 4.15. The molecule has 1 atom stereocenters. The average Bonchev–Trinajstić information content (AvgIpc) is 2.55. The topological polar surface area (TPSA) is 27.7 Å². The Hall–Kier alpha value is -0.995. The Labute approximate surface area is 102 Å². The molecule has 3 nitrogen and oxygen atoms in total. The largest absolute Gasteiger partial charge is 0.498 e. The molecule has 17 heavy (non-hydrogen) atoms. The van der Waals surface area contributed by atoms with Crippen molar-refractivity contribution in [2.75, 3.05) is 13.2 Å². The van der Waals surface area contributed by atoms with E-state index in [-0.39, 0.29) is 13.2 Å². The van der Waals surface area contributed by atoms with Gasteiger partial charge in [-0.15, -0.1) is 0 Å². The van der Waals surface area contributed by atoms with Crippen LogP contribution in [0, 0.1) is 6.92 Å². The molecule has 2 aliphatic heterocycles. The molecule has 1 aromatic carbocycles. The SMILES string of the molecule is CCCC1OB2OCCOc3ccc(C)c1c32. The number of hydrogen-bond acceptors (Lipinski definition) is 3. The van der Waals surface area contributed by atoms with Crippen LogP contribution in [-0.2, 0) is 9.31 Å². The van der Waals surface area contributed by atoms with Gasteiger partial charge in [-0.05, 0) is 30.5 Å². The summed E-state index contributed by atoms with van der Waals surface area (Å²) in [6.07, 6.45) is 2.32. The highest BCUT2D eigenvalue weighted by Crippen LogP contribution is 2.35. The molecule has 2 heterocycles. The van der Waals surface area contributed by atoms with Crippen LogP contribution in [0.5, 0.6) is 5.75 Å². The summed E-state index contributed by atoms with van der Waals surface area (Å²) in [5.74, 6) is 0.937. The Balaban J connectivity index is 2.10. The smallest absolute Gasteiger partial charge is 0.492 e. The number of hydrogen-bond donors (Lipinski definition) is 0. The molecule has 2 aliphatic rings. The van der Waals surface area contributed by atoms with Gasteiger partial charge in [0.1, 0.15) is 12.4 Å². The molecule has 0 fully saturated rings. The van der Waals surface area contributed by atoms with Gasteiger partial charge in [0, 0.05) is 5.46 Å². The van der Waals surface area contributed by atoms with Crippen LogP contribution in [0.4, 0.5) is 0 Å². The molecule has 0 N–H and O–H groups in total. The zero-order valence-corrected chi connectivity index (χ0v) is 10.4. The van der Waals surface area contributed by atoms with Crippen LogP contribution in [0.1, 0.15) is 37.0 Å². The quantitative estimate of drug-likeness (QED) is 0.729. The Morgan fingerprint density at radius 3 is 3.06 bits per heavy atom. The third kappa shape index (κ3) is 1.76. The molecule has 0 aromatic heterocycles. The summed E-state index contributed by atoms with van der Waals surface area (Å²) in [5, 5.41) is 0. The molecular weight excluding hydrogens is 215 g/mol. The van der Waals surface area contributed by atoms with Crippen molar-refractivity contribution < 1.29 is 14.0 Å². The van der Waals surface area contributed by atoms with E-state index in [2.05, 4.69) is 19.9 Å². The Kier molecular flexibility index (Phi) is 2.85. The van der Waals surface area contributed by atoms with Crippen molar-refractivity contribution >= 4 is 12.6 Å². The molecule has 0 saturated carbocycles. The molecule has 0 aliphatic carbocycles. The Morgan fingerprint density at radius 2 is 2.24 bits per heavy atom. The van der Waals surface area contributed by atoms with Crippen LogP contribution in [0.2, 0.25) is 0 Å². The van der Waals surface area contributed by atoms with E-state index in [1.54, 1.807) is 0 Å². The van der Waals surface area contributed by atoms with Crippen LogP contribution in [0.25, 0.3) is 0 Å². The fourth-order valence-electron chi connectivity index (χ4n) is 2.71. The van der Waals surface area contributed by atoms with Crippen molar-refractivity contribution in [2.45, 2.75) is 32.8 Å². The second-order valence-corrected chi connectivity index (χ2v) is 4.67. The number of rotatable bonds is 2. The van der Waals surface area contributed by atoms with Gasteiger partial charge in [-0.1, -0.05) is 19.4 Å². The summed E-state index contributed by atoms with van der Waals surface area (Å²) in [4.78, 5) is 0. The first-order chi connectivity index (χ1) is 8.31. The maximum atomic E-state index is 6.01. The van der Waals surface area contributed by atoms with Crippen LogP contribution in [0.15, 0.2) is 12.1 Å². The first-order valence-electron chi connectivity index (χ1n) is 6.34. The second-order valence-electron chi connectivity index (χ2n) is 4.67. The Morgan fingerprint density at radius 1 is 1.35 bits per heavy atom. The van der Waals surface area contributed by atoms with Gasteiger partial charge < -0.3 is 14.0 Å². The van der Waals surface area contributed by atoms with Gasteiger partial charge in [0.05, 0.1) is 12.7 Å². The molecule has 4 heteroatoms. The fraction of sp³-hybridized carbons (Fsp3) is 0.538. The first kappa shape index (κ1) is 11.1. The van der Waals surface area contributed by atoms with Gasteiger partial charge in [-0.25, -0.2) is 0 Å². The minimum absolute atomic E-state index is 0.168. The van der Waals surface area contributed by atoms with Crippen molar-refractivity contribution in [1.82, 2.24) is 0 Å². The summed E-state index contributed by atoms with van der Waals surface area (Å²) in [7, 11) is -0.223. The molecule has 0 amide bonds. The molecule has 1 aromatic rings. The molecular formula is C13H17BO3. The van der Waals surface area contributed by atoms with Gasteiger partial charge in [-0.2, -0.15) is 0 Å². The lowest BCUT2D eigenvalue weighted by molar-refractivity contribution is 0.137. The lowest BCUT2D eigenvalue weighted by Crippen LogP contribution is -2.31. The maximum absolute atomic E-state index is 6.01. The van der Waals surface area contributed by atoms with Crippen molar-refractivity contribution in [1.29, 1.82) is 0 Å². The highest BCUT2D eigenvalue weighted by Gasteiger charge is 2.41. The third-order valence-electron chi connectivity index (χ3n) is 3.47. The highest BCUT2D eigenvalue weighted by molar-refractivity contribution is 6.64. The predicted molar refractivity (Wildman–Crippen MR) is 66.7 cm³/mol. The average molecular weight is 232 g/mol. The lowest BCUT2D eigenvalue weighted by atomic mass is 9.76. The lowest BCUT2D eigenvalue weighted by Gasteiger charge is -2.15. The van der Waals surface area contributed by atoms with Gasteiger partial charge in [0.2, 0.25) is 0 Å². The van der Waals surface area contributed by atoms with Crippen LogP contribution < -0.4 is 10.2 Å². The first-order valence-corrected chi connectivity index (χ1v) is 6.34. The van der Waals surface area contributed by atoms with Gasteiger partial charge in [0.15, 0.2) is 0 Å². The number of aryl methyl sites for hydroxylation is 1. The fourth-order valence-corrected chi connectivity index (χ4v) is 2.71. The standard InChI is InChI=1S/C13H17BO3/c1-3-4-10-12-9(2)5-6-11-13(12)14(17-10)16-8-7-15-11/h5-6,10H,3-4,7-8H2,1-2H3. The molecule has 90 valence electrons. The van der Waals surface area contributed by atoms with Gasteiger partial charge in [0.25, 0.3) is 0 Å². The van der Waals surface area contributed by atoms with Crippen molar-refractivity contribution in [2.24, 2.45) is 0 Å². The van der Waals surface area contributed by atoms with Crippen LogP contribution in [0.3, 0.4) is 0 Å². The zero-order valence-electron chi connectivity index (χ0n) is 10.4. The van der Waals surface area contributed by atoms with E-state index in [1.165, 1.54) is 11.1 Å². The minimum Gasteiger partial charge on any atom is -0.492 e. The van der Waals surface area contributed by atoms with E-state index in [1.807, 2.05) is 6.07 Å². The highest BCUT2D eigenvalue weighted by atomic mass is 16.6. The maximum Gasteiger partial charge on any atom is 0.498 e. The van der Waals surface area contributed by atoms with Crippen molar-refractivity contribution in [3.05, 3.63) is 23.3 Å². The van der Waals surface area contributed by atoms with E-state index in [4.69, 9.17) is 14.0 Å². The van der Waals surface area contributed by atoms with E-state index in [9.17, 15) is 0 Å². The molecule has 1 unspecified atom stereocenters. The Bertz CT molecular complexity index is 433. The molecule has 0 radical (unpaired) electrons. The summed E-state index contributed by atoms with van der Waals surface area (Å²) >= 11 is 0.